The number of benzene rings is 1. The van der Waals surface area contributed by atoms with E-state index in [2.05, 4.69) is 4.74 Å². The van der Waals surface area contributed by atoms with Gasteiger partial charge in [-0.25, -0.2) is 4.39 Å². The van der Waals surface area contributed by atoms with Crippen LogP contribution in [0.15, 0.2) is 24.3 Å². The fourth-order valence-corrected chi connectivity index (χ4v) is 0.991. The molecule has 0 atom stereocenters. The highest BCUT2D eigenvalue weighted by atomic mass is 19.1. The molecule has 1 aromatic carbocycles. The summed E-state index contributed by atoms with van der Waals surface area (Å²) in [5, 5.41) is 0. The normalized spacial score (nSPS) is 9.62. The molecule has 16 heavy (non-hydrogen) atoms. The molecule has 0 aromatic heterocycles. The highest BCUT2D eigenvalue weighted by Crippen LogP contribution is 2.12. The second-order valence-electron chi connectivity index (χ2n) is 3.00. The zero-order chi connectivity index (χ0) is 12.0. The fourth-order valence-electron chi connectivity index (χ4n) is 0.991. The number of halogens is 1. The van der Waals surface area contributed by atoms with Crippen LogP contribution >= 0.6 is 0 Å². The van der Waals surface area contributed by atoms with Gasteiger partial charge in [-0.2, -0.15) is 0 Å². The molecule has 1 rings (SSSR count). The lowest BCUT2D eigenvalue weighted by Gasteiger charge is -2.03. The second kappa shape index (κ2) is 5.85. The van der Waals surface area contributed by atoms with Crippen molar-refractivity contribution in [1.29, 1.82) is 0 Å². The molecule has 0 saturated carbocycles. The van der Waals surface area contributed by atoms with E-state index in [1.807, 2.05) is 0 Å². The van der Waals surface area contributed by atoms with Crippen LogP contribution in [-0.2, 0) is 14.3 Å². The van der Waals surface area contributed by atoms with Crippen LogP contribution in [0.4, 0.5) is 4.39 Å². The van der Waals surface area contributed by atoms with E-state index < -0.39 is 17.8 Å². The van der Waals surface area contributed by atoms with Crippen LogP contribution in [0.5, 0.6) is 5.75 Å². The second-order valence-corrected chi connectivity index (χ2v) is 3.00. The first-order valence-corrected chi connectivity index (χ1v) is 4.65. The molecule has 1 aromatic rings. The summed E-state index contributed by atoms with van der Waals surface area (Å²) in [6, 6.07) is 5.04. The molecule has 0 unspecified atom stereocenters. The average Bonchev–Trinajstić information content (AvgIpc) is 2.29. The lowest BCUT2D eigenvalue weighted by molar-refractivity contribution is -0.144. The van der Waals surface area contributed by atoms with Crippen LogP contribution in [0.3, 0.4) is 0 Å². The maximum absolute atomic E-state index is 12.5. The van der Waals surface area contributed by atoms with Gasteiger partial charge in [0.25, 0.3) is 0 Å². The number of ether oxygens (including phenoxy) is 2. The van der Waals surface area contributed by atoms with Crippen LogP contribution < -0.4 is 4.74 Å². The quantitative estimate of drug-likeness (QED) is 0.579. The van der Waals surface area contributed by atoms with Gasteiger partial charge in [-0.3, -0.25) is 9.59 Å². The average molecular weight is 226 g/mol. The van der Waals surface area contributed by atoms with Crippen molar-refractivity contribution in [2.45, 2.75) is 12.8 Å². The van der Waals surface area contributed by atoms with Crippen LogP contribution in [0.2, 0.25) is 0 Å². The highest BCUT2D eigenvalue weighted by Gasteiger charge is 2.08. The topological polar surface area (TPSA) is 52.6 Å². The third kappa shape index (κ3) is 4.08. The minimum absolute atomic E-state index is 0.0312. The summed E-state index contributed by atoms with van der Waals surface area (Å²) in [5.74, 6) is -1.20. The monoisotopic (exact) mass is 226 g/mol. The van der Waals surface area contributed by atoms with Gasteiger partial charge in [0, 0.05) is 0 Å². The summed E-state index contributed by atoms with van der Waals surface area (Å²) < 4.78 is 21.7. The number of rotatable bonds is 4. The van der Waals surface area contributed by atoms with Crippen LogP contribution in [0.1, 0.15) is 12.8 Å². The number of esters is 2. The van der Waals surface area contributed by atoms with E-state index in [4.69, 9.17) is 4.74 Å². The molecule has 0 radical (unpaired) electrons. The molecular formula is C11H11FO4. The first-order valence-electron chi connectivity index (χ1n) is 4.65. The SMILES string of the molecule is COC(=O)CCC(=O)Oc1ccc(F)cc1. The highest BCUT2D eigenvalue weighted by molar-refractivity contribution is 5.78. The molecule has 0 aliphatic carbocycles. The van der Waals surface area contributed by atoms with E-state index in [1.165, 1.54) is 31.4 Å². The Bertz CT molecular complexity index is 372. The van der Waals surface area contributed by atoms with Gasteiger partial charge in [0.05, 0.1) is 20.0 Å². The Kier molecular flexibility index (Phi) is 4.44. The van der Waals surface area contributed by atoms with Crippen molar-refractivity contribution in [3.63, 3.8) is 0 Å². The van der Waals surface area contributed by atoms with Crippen LogP contribution in [0.25, 0.3) is 0 Å². The number of carbonyl (C=O) groups excluding carboxylic acids is 2. The predicted molar refractivity (Wildman–Crippen MR) is 53.3 cm³/mol. The standard InChI is InChI=1S/C11H11FO4/c1-15-10(13)6-7-11(14)16-9-4-2-8(12)3-5-9/h2-5H,6-7H2,1H3. The summed E-state index contributed by atoms with van der Waals surface area (Å²) >= 11 is 0. The summed E-state index contributed by atoms with van der Waals surface area (Å²) in [5.41, 5.74) is 0. The van der Waals surface area contributed by atoms with Gasteiger partial charge in [-0.15, -0.1) is 0 Å². The number of hydrogen-bond acceptors (Lipinski definition) is 4. The minimum atomic E-state index is -0.558. The molecule has 0 N–H and O–H groups in total. The Morgan fingerprint density at radius 1 is 1.12 bits per heavy atom. The first kappa shape index (κ1) is 12.2. The van der Waals surface area contributed by atoms with Crippen molar-refractivity contribution in [3.05, 3.63) is 30.1 Å². The van der Waals surface area contributed by atoms with E-state index >= 15 is 0 Å². The van der Waals surface area contributed by atoms with Gasteiger partial charge in [0.2, 0.25) is 0 Å². The molecule has 0 saturated heterocycles. The van der Waals surface area contributed by atoms with Crippen molar-refractivity contribution < 1.29 is 23.5 Å². The molecule has 0 heterocycles. The summed E-state index contributed by atoms with van der Waals surface area (Å²) in [4.78, 5) is 21.9. The Labute approximate surface area is 92.0 Å². The van der Waals surface area contributed by atoms with Gasteiger partial charge in [-0.1, -0.05) is 0 Å². The van der Waals surface area contributed by atoms with Crippen molar-refractivity contribution in [2.75, 3.05) is 7.11 Å². The molecule has 0 aliphatic heterocycles. The van der Waals surface area contributed by atoms with Gasteiger partial charge in [0.15, 0.2) is 0 Å². The molecule has 4 nitrogen and oxygen atoms in total. The maximum atomic E-state index is 12.5. The minimum Gasteiger partial charge on any atom is -0.469 e. The third-order valence-electron chi connectivity index (χ3n) is 1.81. The van der Waals surface area contributed by atoms with Gasteiger partial charge < -0.3 is 9.47 Å². The van der Waals surface area contributed by atoms with Crippen LogP contribution in [0, 0.1) is 5.82 Å². The van der Waals surface area contributed by atoms with Crippen LogP contribution in [-0.4, -0.2) is 19.0 Å². The van der Waals surface area contributed by atoms with Gasteiger partial charge in [0.1, 0.15) is 11.6 Å². The molecule has 0 amide bonds. The molecule has 0 fully saturated rings. The summed E-state index contributed by atoms with van der Waals surface area (Å²) in [6.07, 6.45) is -0.0966. The summed E-state index contributed by atoms with van der Waals surface area (Å²) in [7, 11) is 1.24. The summed E-state index contributed by atoms with van der Waals surface area (Å²) in [6.45, 7) is 0. The molecular weight excluding hydrogens is 215 g/mol. The Morgan fingerprint density at radius 2 is 1.69 bits per heavy atom. The Balaban J connectivity index is 2.40. The van der Waals surface area contributed by atoms with E-state index in [-0.39, 0.29) is 18.6 Å². The van der Waals surface area contributed by atoms with Crippen molar-refractivity contribution in [3.8, 4) is 5.75 Å². The number of carbonyl (C=O) groups is 2. The Morgan fingerprint density at radius 3 is 2.25 bits per heavy atom. The smallest absolute Gasteiger partial charge is 0.311 e. The first-order chi connectivity index (χ1) is 7.61. The molecule has 86 valence electrons. The Hall–Kier alpha value is -1.91. The van der Waals surface area contributed by atoms with Crippen molar-refractivity contribution >= 4 is 11.9 Å². The van der Waals surface area contributed by atoms with E-state index in [9.17, 15) is 14.0 Å². The van der Waals surface area contributed by atoms with Crippen molar-refractivity contribution in [1.82, 2.24) is 0 Å². The number of methoxy groups -OCH3 is 1. The largest absolute Gasteiger partial charge is 0.469 e. The zero-order valence-electron chi connectivity index (χ0n) is 8.73. The fraction of sp³-hybridized carbons (Fsp3) is 0.273. The van der Waals surface area contributed by atoms with Gasteiger partial charge >= 0.3 is 11.9 Å². The van der Waals surface area contributed by atoms with E-state index in [0.29, 0.717) is 0 Å². The molecule has 5 heteroatoms. The maximum Gasteiger partial charge on any atom is 0.311 e. The molecule has 0 bridgehead atoms. The molecule has 0 aliphatic rings. The van der Waals surface area contributed by atoms with E-state index in [0.717, 1.165) is 0 Å². The van der Waals surface area contributed by atoms with Crippen molar-refractivity contribution in [2.24, 2.45) is 0 Å². The predicted octanol–water partition coefficient (Wildman–Crippen LogP) is 1.68. The van der Waals surface area contributed by atoms with E-state index in [1.54, 1.807) is 0 Å². The lowest BCUT2D eigenvalue weighted by Crippen LogP contribution is -2.11. The lowest BCUT2D eigenvalue weighted by atomic mass is 10.3. The third-order valence-corrected chi connectivity index (χ3v) is 1.81. The zero-order valence-corrected chi connectivity index (χ0v) is 8.73. The van der Waals surface area contributed by atoms with Gasteiger partial charge in [-0.05, 0) is 24.3 Å². The molecule has 0 spiro atoms. The number of hydrogen-bond donors (Lipinski definition) is 0.